The van der Waals surface area contributed by atoms with Crippen LogP contribution in [0.4, 0.5) is 11.4 Å². The molecule has 0 radical (unpaired) electrons. The maximum atomic E-state index is 12.4. The highest BCUT2D eigenvalue weighted by molar-refractivity contribution is 6.34. The average molecular weight is 329 g/mol. The lowest BCUT2D eigenvalue weighted by atomic mass is 10.2. The van der Waals surface area contributed by atoms with Crippen molar-refractivity contribution in [3.63, 3.8) is 0 Å². The quantitative estimate of drug-likeness (QED) is 0.688. The molecule has 23 heavy (non-hydrogen) atoms. The highest BCUT2D eigenvalue weighted by Crippen LogP contribution is 2.26. The summed E-state index contributed by atoms with van der Waals surface area (Å²) in [5.74, 6) is -0.558. The number of hydrogen-bond acceptors (Lipinski definition) is 3. The zero-order valence-electron chi connectivity index (χ0n) is 12.2. The van der Waals surface area contributed by atoms with Gasteiger partial charge in [0.1, 0.15) is 0 Å². The second-order valence-corrected chi connectivity index (χ2v) is 5.35. The highest BCUT2D eigenvalue weighted by atomic mass is 35.5. The number of nitrogens with zero attached hydrogens (tertiary/aromatic N) is 1. The first-order valence-electron chi connectivity index (χ1n) is 6.86. The van der Waals surface area contributed by atoms with Crippen molar-refractivity contribution < 1.29 is 9.59 Å². The maximum Gasteiger partial charge on any atom is 0.276 e. The Balaban J connectivity index is 1.83. The van der Waals surface area contributed by atoms with Crippen LogP contribution in [0.3, 0.4) is 0 Å². The molecule has 3 rings (SSSR count). The van der Waals surface area contributed by atoms with Gasteiger partial charge in [0.05, 0.1) is 16.2 Å². The molecule has 2 aromatic carbocycles. The second-order valence-electron chi connectivity index (χ2n) is 4.95. The fourth-order valence-electron chi connectivity index (χ4n) is 2.21. The minimum absolute atomic E-state index is 0.216. The Morgan fingerprint density at radius 2 is 1.91 bits per heavy atom. The van der Waals surface area contributed by atoms with Crippen molar-refractivity contribution >= 4 is 45.7 Å². The van der Waals surface area contributed by atoms with E-state index in [0.29, 0.717) is 22.1 Å². The number of H-pyrrole nitrogens is 1. The first-order chi connectivity index (χ1) is 11.0. The standard InChI is InChI=1S/C16H13ClN4O2/c1-9(22)18-14-7-6-10(8-12(14)17)19-16(23)15-11-4-2-3-5-13(11)20-21-15/h2-8H,1H3,(H,18,22)(H,19,23)(H,20,21). The van der Waals surface area contributed by atoms with E-state index in [9.17, 15) is 9.59 Å². The topological polar surface area (TPSA) is 86.9 Å². The molecule has 116 valence electrons. The predicted octanol–water partition coefficient (Wildman–Crippen LogP) is 3.43. The van der Waals surface area contributed by atoms with Crippen molar-refractivity contribution in [3.05, 3.63) is 53.2 Å². The molecule has 1 heterocycles. The van der Waals surface area contributed by atoms with E-state index in [4.69, 9.17) is 11.6 Å². The molecule has 0 fully saturated rings. The lowest BCUT2D eigenvalue weighted by molar-refractivity contribution is -0.114. The number of anilines is 2. The van der Waals surface area contributed by atoms with Gasteiger partial charge in [-0.2, -0.15) is 5.10 Å². The minimum Gasteiger partial charge on any atom is -0.325 e. The van der Waals surface area contributed by atoms with Crippen molar-refractivity contribution in [2.24, 2.45) is 0 Å². The van der Waals surface area contributed by atoms with Gasteiger partial charge in [-0.25, -0.2) is 0 Å². The monoisotopic (exact) mass is 328 g/mol. The lowest BCUT2D eigenvalue weighted by Crippen LogP contribution is -2.13. The Kier molecular flexibility index (Phi) is 3.99. The molecule has 7 heteroatoms. The van der Waals surface area contributed by atoms with Gasteiger partial charge in [-0.05, 0) is 24.3 Å². The van der Waals surface area contributed by atoms with E-state index >= 15 is 0 Å². The van der Waals surface area contributed by atoms with Gasteiger partial charge in [0.2, 0.25) is 5.91 Å². The molecule has 0 aliphatic rings. The molecule has 2 amide bonds. The van der Waals surface area contributed by atoms with Crippen molar-refractivity contribution in [3.8, 4) is 0 Å². The Morgan fingerprint density at radius 1 is 1.13 bits per heavy atom. The molecular formula is C16H13ClN4O2. The van der Waals surface area contributed by atoms with Crippen molar-refractivity contribution in [1.82, 2.24) is 10.2 Å². The third-order valence-corrected chi connectivity index (χ3v) is 3.54. The molecule has 0 bridgehead atoms. The van der Waals surface area contributed by atoms with E-state index in [0.717, 1.165) is 10.9 Å². The van der Waals surface area contributed by atoms with Crippen LogP contribution < -0.4 is 10.6 Å². The molecular weight excluding hydrogens is 316 g/mol. The van der Waals surface area contributed by atoms with Crippen LogP contribution in [0.2, 0.25) is 5.02 Å². The van der Waals surface area contributed by atoms with Gasteiger partial charge in [-0.1, -0.05) is 29.8 Å². The van der Waals surface area contributed by atoms with E-state index in [1.54, 1.807) is 18.2 Å². The number of carbonyl (C=O) groups excluding carboxylic acids is 2. The van der Waals surface area contributed by atoms with Crippen LogP contribution in [0, 0.1) is 0 Å². The number of carbonyl (C=O) groups is 2. The number of amides is 2. The summed E-state index contributed by atoms with van der Waals surface area (Å²) >= 11 is 6.09. The number of benzene rings is 2. The van der Waals surface area contributed by atoms with E-state index in [2.05, 4.69) is 20.8 Å². The van der Waals surface area contributed by atoms with Gasteiger partial charge >= 0.3 is 0 Å². The summed E-state index contributed by atoms with van der Waals surface area (Å²) in [6.07, 6.45) is 0. The van der Waals surface area contributed by atoms with Gasteiger partial charge in [-0.15, -0.1) is 0 Å². The van der Waals surface area contributed by atoms with E-state index in [-0.39, 0.29) is 11.8 Å². The Labute approximate surface area is 136 Å². The molecule has 0 unspecified atom stereocenters. The molecule has 6 nitrogen and oxygen atoms in total. The van der Waals surface area contributed by atoms with Crippen LogP contribution in [0.1, 0.15) is 17.4 Å². The van der Waals surface area contributed by atoms with Crippen LogP contribution in [-0.2, 0) is 4.79 Å². The average Bonchev–Trinajstić information content (AvgIpc) is 2.94. The maximum absolute atomic E-state index is 12.4. The number of rotatable bonds is 3. The molecule has 0 aliphatic heterocycles. The molecule has 3 aromatic rings. The van der Waals surface area contributed by atoms with Crippen LogP contribution in [0.15, 0.2) is 42.5 Å². The molecule has 0 saturated carbocycles. The Hall–Kier alpha value is -2.86. The molecule has 0 spiro atoms. The number of aromatic amines is 1. The zero-order valence-corrected chi connectivity index (χ0v) is 12.9. The first kappa shape index (κ1) is 15.1. The largest absolute Gasteiger partial charge is 0.325 e. The van der Waals surface area contributed by atoms with Gasteiger partial charge in [0.15, 0.2) is 5.69 Å². The predicted molar refractivity (Wildman–Crippen MR) is 89.8 cm³/mol. The third kappa shape index (κ3) is 3.17. The van der Waals surface area contributed by atoms with Gasteiger partial charge < -0.3 is 10.6 Å². The summed E-state index contributed by atoms with van der Waals surface area (Å²) in [6.45, 7) is 1.40. The normalized spacial score (nSPS) is 10.5. The van der Waals surface area contributed by atoms with E-state index in [1.807, 2.05) is 24.3 Å². The van der Waals surface area contributed by atoms with Crippen LogP contribution in [-0.4, -0.2) is 22.0 Å². The van der Waals surface area contributed by atoms with E-state index < -0.39 is 0 Å². The Morgan fingerprint density at radius 3 is 2.65 bits per heavy atom. The highest BCUT2D eigenvalue weighted by Gasteiger charge is 2.14. The summed E-state index contributed by atoms with van der Waals surface area (Å²) in [5.41, 5.74) is 2.10. The summed E-state index contributed by atoms with van der Waals surface area (Å²) in [4.78, 5) is 23.4. The third-order valence-electron chi connectivity index (χ3n) is 3.22. The summed E-state index contributed by atoms with van der Waals surface area (Å²) in [6, 6.07) is 12.2. The van der Waals surface area contributed by atoms with Crippen LogP contribution in [0.5, 0.6) is 0 Å². The first-order valence-corrected chi connectivity index (χ1v) is 7.24. The number of halogens is 1. The number of fused-ring (bicyclic) bond motifs is 1. The summed E-state index contributed by atoms with van der Waals surface area (Å²) in [5, 5.41) is 13.3. The fourth-order valence-corrected chi connectivity index (χ4v) is 2.44. The summed E-state index contributed by atoms with van der Waals surface area (Å²) < 4.78 is 0. The smallest absolute Gasteiger partial charge is 0.276 e. The van der Waals surface area contributed by atoms with Crippen molar-refractivity contribution in [2.75, 3.05) is 10.6 Å². The van der Waals surface area contributed by atoms with Crippen molar-refractivity contribution in [2.45, 2.75) is 6.92 Å². The molecule has 3 N–H and O–H groups in total. The number of aromatic nitrogens is 2. The lowest BCUT2D eigenvalue weighted by Gasteiger charge is -2.08. The summed E-state index contributed by atoms with van der Waals surface area (Å²) in [7, 11) is 0. The zero-order chi connectivity index (χ0) is 16.4. The van der Waals surface area contributed by atoms with E-state index in [1.165, 1.54) is 6.92 Å². The van der Waals surface area contributed by atoms with Gasteiger partial charge in [0.25, 0.3) is 5.91 Å². The number of para-hydroxylation sites is 1. The number of nitrogens with one attached hydrogen (secondary N) is 3. The van der Waals surface area contributed by atoms with Crippen molar-refractivity contribution in [1.29, 1.82) is 0 Å². The Bertz CT molecular complexity index is 904. The molecule has 0 atom stereocenters. The SMILES string of the molecule is CC(=O)Nc1ccc(NC(=O)c2n[nH]c3ccccc23)cc1Cl. The molecule has 0 aliphatic carbocycles. The fraction of sp³-hybridized carbons (Fsp3) is 0.0625. The van der Waals surface area contributed by atoms with Gasteiger partial charge in [0, 0.05) is 18.0 Å². The minimum atomic E-state index is -0.342. The second kappa shape index (κ2) is 6.10. The van der Waals surface area contributed by atoms with Crippen LogP contribution in [0.25, 0.3) is 10.9 Å². The molecule has 1 aromatic heterocycles. The van der Waals surface area contributed by atoms with Gasteiger partial charge in [-0.3, -0.25) is 14.7 Å². The van der Waals surface area contributed by atoms with Crippen LogP contribution >= 0.6 is 11.6 Å². The molecule has 0 saturated heterocycles. The number of hydrogen-bond donors (Lipinski definition) is 3.